The molecule has 0 saturated heterocycles. The third-order valence-corrected chi connectivity index (χ3v) is 3.93. The van der Waals surface area contributed by atoms with Gasteiger partial charge in [-0.3, -0.25) is 4.79 Å². The van der Waals surface area contributed by atoms with E-state index in [0.717, 1.165) is 4.90 Å². The number of anilines is 1. The fourth-order valence-electron chi connectivity index (χ4n) is 1.48. The van der Waals surface area contributed by atoms with Gasteiger partial charge in [0.2, 0.25) is 0 Å². The SMILES string of the molecule is CCOCCOC(=O)C(CC)Sc1ccccc1N. The maximum atomic E-state index is 11.9. The predicted octanol–water partition coefficient (Wildman–Crippen LogP) is 2.72. The number of esters is 1. The second-order valence-electron chi connectivity index (χ2n) is 3.92. The van der Waals surface area contributed by atoms with Gasteiger partial charge >= 0.3 is 5.97 Å². The standard InChI is InChI=1S/C14H21NO3S/c1-3-12(14(16)18-10-9-17-4-2)19-13-8-6-5-7-11(13)15/h5-8,12H,3-4,9-10,15H2,1-2H3. The average Bonchev–Trinajstić information content (AvgIpc) is 2.42. The molecule has 0 saturated carbocycles. The van der Waals surface area contributed by atoms with E-state index in [1.54, 1.807) is 0 Å². The molecule has 0 radical (unpaired) electrons. The highest BCUT2D eigenvalue weighted by atomic mass is 32.2. The molecule has 0 spiro atoms. The number of rotatable bonds is 8. The number of ether oxygens (including phenoxy) is 2. The zero-order valence-corrected chi connectivity index (χ0v) is 12.2. The summed E-state index contributed by atoms with van der Waals surface area (Å²) in [6, 6.07) is 7.53. The molecule has 0 bridgehead atoms. The summed E-state index contributed by atoms with van der Waals surface area (Å²) in [5.74, 6) is -0.213. The van der Waals surface area contributed by atoms with Crippen molar-refractivity contribution in [3.05, 3.63) is 24.3 Å². The Kier molecular flexibility index (Phi) is 7.36. The third kappa shape index (κ3) is 5.53. The number of nitrogens with two attached hydrogens (primary N) is 1. The Morgan fingerprint density at radius 3 is 2.68 bits per heavy atom. The van der Waals surface area contributed by atoms with Crippen molar-refractivity contribution in [1.29, 1.82) is 0 Å². The summed E-state index contributed by atoms with van der Waals surface area (Å²) in [6.45, 7) is 5.24. The van der Waals surface area contributed by atoms with Crippen LogP contribution >= 0.6 is 11.8 Å². The van der Waals surface area contributed by atoms with Crippen molar-refractivity contribution in [2.45, 2.75) is 30.4 Å². The molecule has 0 amide bonds. The summed E-state index contributed by atoms with van der Waals surface area (Å²) < 4.78 is 10.3. The quantitative estimate of drug-likeness (QED) is 0.344. The summed E-state index contributed by atoms with van der Waals surface area (Å²) in [5, 5.41) is -0.230. The van der Waals surface area contributed by atoms with Crippen molar-refractivity contribution >= 4 is 23.4 Å². The second kappa shape index (κ2) is 8.82. The molecule has 0 aliphatic heterocycles. The molecule has 1 rings (SSSR count). The number of nitrogen functional groups attached to an aromatic ring is 1. The van der Waals surface area contributed by atoms with Gasteiger partial charge in [-0.15, -0.1) is 11.8 Å². The first-order valence-electron chi connectivity index (χ1n) is 6.44. The van der Waals surface area contributed by atoms with Crippen LogP contribution in [0.5, 0.6) is 0 Å². The summed E-state index contributed by atoms with van der Waals surface area (Å²) in [4.78, 5) is 12.8. The van der Waals surface area contributed by atoms with Gasteiger partial charge in [-0.1, -0.05) is 19.1 Å². The molecule has 1 atom stereocenters. The van der Waals surface area contributed by atoms with Crippen LogP contribution in [0.15, 0.2) is 29.2 Å². The molecule has 1 aromatic rings. The van der Waals surface area contributed by atoms with Crippen molar-refractivity contribution < 1.29 is 14.3 Å². The highest BCUT2D eigenvalue weighted by Crippen LogP contribution is 2.30. The van der Waals surface area contributed by atoms with Gasteiger partial charge in [0.1, 0.15) is 11.9 Å². The summed E-state index contributed by atoms with van der Waals surface area (Å²) in [5.41, 5.74) is 6.56. The van der Waals surface area contributed by atoms with Crippen molar-refractivity contribution in [2.75, 3.05) is 25.6 Å². The van der Waals surface area contributed by atoms with Crippen LogP contribution in [-0.4, -0.2) is 31.0 Å². The van der Waals surface area contributed by atoms with E-state index in [2.05, 4.69) is 0 Å². The zero-order valence-electron chi connectivity index (χ0n) is 11.4. The van der Waals surface area contributed by atoms with E-state index >= 15 is 0 Å². The number of hydrogen-bond acceptors (Lipinski definition) is 5. The molecule has 0 heterocycles. The summed E-state index contributed by atoms with van der Waals surface area (Å²) >= 11 is 1.45. The largest absolute Gasteiger partial charge is 0.462 e. The smallest absolute Gasteiger partial charge is 0.319 e. The number of carbonyl (C=O) groups is 1. The lowest BCUT2D eigenvalue weighted by Gasteiger charge is -2.14. The zero-order chi connectivity index (χ0) is 14.1. The van der Waals surface area contributed by atoms with Gasteiger partial charge in [-0.25, -0.2) is 0 Å². The minimum absolute atomic E-state index is 0.213. The van der Waals surface area contributed by atoms with Gasteiger partial charge in [-0.05, 0) is 25.5 Å². The van der Waals surface area contributed by atoms with Gasteiger partial charge < -0.3 is 15.2 Å². The van der Waals surface area contributed by atoms with Crippen LogP contribution in [-0.2, 0) is 14.3 Å². The lowest BCUT2D eigenvalue weighted by Crippen LogP contribution is -2.21. The maximum Gasteiger partial charge on any atom is 0.319 e. The lowest BCUT2D eigenvalue weighted by molar-refractivity contribution is -0.144. The number of para-hydroxylation sites is 1. The van der Waals surface area contributed by atoms with E-state index < -0.39 is 0 Å². The van der Waals surface area contributed by atoms with Crippen LogP contribution in [0.25, 0.3) is 0 Å². The molecule has 0 aliphatic rings. The highest BCUT2D eigenvalue weighted by Gasteiger charge is 2.20. The molecule has 0 fully saturated rings. The molecule has 0 aliphatic carbocycles. The Hall–Kier alpha value is -1.20. The van der Waals surface area contributed by atoms with Gasteiger partial charge in [0.05, 0.1) is 6.61 Å². The highest BCUT2D eigenvalue weighted by molar-refractivity contribution is 8.00. The normalized spacial score (nSPS) is 12.1. The summed E-state index contributed by atoms with van der Waals surface area (Å²) in [6.07, 6.45) is 0.701. The number of benzene rings is 1. The first-order chi connectivity index (χ1) is 9.19. The monoisotopic (exact) mass is 283 g/mol. The van der Waals surface area contributed by atoms with Crippen LogP contribution in [0.3, 0.4) is 0 Å². The first kappa shape index (κ1) is 15.9. The van der Waals surface area contributed by atoms with Crippen molar-refractivity contribution in [3.8, 4) is 0 Å². The van der Waals surface area contributed by atoms with Crippen molar-refractivity contribution in [1.82, 2.24) is 0 Å². The minimum Gasteiger partial charge on any atom is -0.462 e. The lowest BCUT2D eigenvalue weighted by atomic mass is 10.3. The first-order valence-corrected chi connectivity index (χ1v) is 7.32. The van der Waals surface area contributed by atoms with Gasteiger partial charge in [-0.2, -0.15) is 0 Å². The van der Waals surface area contributed by atoms with Gasteiger partial charge in [0, 0.05) is 17.2 Å². The Balaban J connectivity index is 2.48. The number of carbonyl (C=O) groups excluding carboxylic acids is 1. The third-order valence-electron chi connectivity index (χ3n) is 2.50. The Labute approximate surface area is 118 Å². The molecule has 4 nitrogen and oxygen atoms in total. The fraction of sp³-hybridized carbons (Fsp3) is 0.500. The molecular formula is C14H21NO3S. The van der Waals surface area contributed by atoms with E-state index in [9.17, 15) is 4.79 Å². The minimum atomic E-state index is -0.230. The maximum absolute atomic E-state index is 11.9. The van der Waals surface area contributed by atoms with E-state index in [1.165, 1.54) is 11.8 Å². The van der Waals surface area contributed by atoms with E-state index in [4.69, 9.17) is 15.2 Å². The molecule has 1 unspecified atom stereocenters. The van der Waals surface area contributed by atoms with E-state index in [0.29, 0.717) is 31.9 Å². The van der Waals surface area contributed by atoms with Crippen LogP contribution < -0.4 is 5.73 Å². The van der Waals surface area contributed by atoms with E-state index in [1.807, 2.05) is 38.1 Å². The molecule has 2 N–H and O–H groups in total. The molecule has 106 valence electrons. The molecule has 0 aromatic heterocycles. The summed E-state index contributed by atoms with van der Waals surface area (Å²) in [7, 11) is 0. The van der Waals surface area contributed by atoms with Crippen LogP contribution in [0.1, 0.15) is 20.3 Å². The van der Waals surface area contributed by atoms with E-state index in [-0.39, 0.29) is 11.2 Å². The second-order valence-corrected chi connectivity index (χ2v) is 5.16. The molecule has 5 heteroatoms. The Bertz CT molecular complexity index is 398. The Morgan fingerprint density at radius 1 is 1.32 bits per heavy atom. The average molecular weight is 283 g/mol. The van der Waals surface area contributed by atoms with Crippen LogP contribution in [0.2, 0.25) is 0 Å². The molecule has 1 aromatic carbocycles. The predicted molar refractivity (Wildman–Crippen MR) is 78.2 cm³/mol. The number of hydrogen-bond donors (Lipinski definition) is 1. The topological polar surface area (TPSA) is 61.5 Å². The van der Waals surface area contributed by atoms with Crippen LogP contribution in [0, 0.1) is 0 Å². The fourth-order valence-corrected chi connectivity index (χ4v) is 2.48. The van der Waals surface area contributed by atoms with Crippen molar-refractivity contribution in [3.63, 3.8) is 0 Å². The molecular weight excluding hydrogens is 262 g/mol. The van der Waals surface area contributed by atoms with Gasteiger partial charge in [0.15, 0.2) is 0 Å². The Morgan fingerprint density at radius 2 is 2.05 bits per heavy atom. The van der Waals surface area contributed by atoms with Gasteiger partial charge in [0.25, 0.3) is 0 Å². The van der Waals surface area contributed by atoms with Crippen molar-refractivity contribution in [2.24, 2.45) is 0 Å². The van der Waals surface area contributed by atoms with Crippen LogP contribution in [0.4, 0.5) is 5.69 Å². The molecule has 19 heavy (non-hydrogen) atoms. The number of thioether (sulfide) groups is 1.